The number of carbonyl (C=O) groups is 1. The number of nitrogens with one attached hydrogen (secondary N) is 1. The van der Waals surface area contributed by atoms with Gasteiger partial charge in [-0.3, -0.25) is 9.00 Å². The Bertz CT molecular complexity index is 737. The van der Waals surface area contributed by atoms with Crippen LogP contribution in [0.5, 0.6) is 0 Å². The van der Waals surface area contributed by atoms with Crippen molar-refractivity contribution in [3.05, 3.63) is 59.7 Å². The summed E-state index contributed by atoms with van der Waals surface area (Å²) in [6.07, 6.45) is 4.09. The second-order valence-electron chi connectivity index (χ2n) is 5.98. The van der Waals surface area contributed by atoms with Crippen molar-refractivity contribution >= 4 is 22.4 Å². The maximum atomic E-state index is 12.3. The van der Waals surface area contributed by atoms with E-state index in [-0.39, 0.29) is 5.91 Å². The smallest absolute Gasteiger partial charge is 0.251 e. The average Bonchev–Trinajstić information content (AvgIpc) is 3.14. The van der Waals surface area contributed by atoms with Gasteiger partial charge in [0.1, 0.15) is 0 Å². The van der Waals surface area contributed by atoms with Crippen LogP contribution in [-0.4, -0.2) is 29.5 Å². The van der Waals surface area contributed by atoms with Crippen molar-refractivity contribution < 1.29 is 9.00 Å². The van der Waals surface area contributed by atoms with Gasteiger partial charge in [0.2, 0.25) is 0 Å². The molecular weight excluding hydrogens is 320 g/mol. The molecule has 5 heteroatoms. The summed E-state index contributed by atoms with van der Waals surface area (Å²) in [6.45, 7) is 2.67. The second-order valence-corrected chi connectivity index (χ2v) is 7.36. The first-order valence-electron chi connectivity index (χ1n) is 8.20. The number of hydrogen-bond donors (Lipinski definition) is 1. The molecule has 2 aromatic carbocycles. The topological polar surface area (TPSA) is 49.4 Å². The lowest BCUT2D eigenvalue weighted by Crippen LogP contribution is -2.25. The van der Waals surface area contributed by atoms with Crippen molar-refractivity contribution in [2.45, 2.75) is 24.3 Å². The van der Waals surface area contributed by atoms with Gasteiger partial charge in [0, 0.05) is 52.8 Å². The second kappa shape index (κ2) is 7.62. The van der Waals surface area contributed by atoms with Crippen molar-refractivity contribution in [3.8, 4) is 0 Å². The Kier molecular flexibility index (Phi) is 5.30. The molecule has 2 aromatic rings. The first-order valence-corrected chi connectivity index (χ1v) is 9.75. The van der Waals surface area contributed by atoms with Crippen LogP contribution >= 0.6 is 0 Å². The summed E-state index contributed by atoms with van der Waals surface area (Å²) in [4.78, 5) is 15.4. The van der Waals surface area contributed by atoms with Gasteiger partial charge >= 0.3 is 0 Å². The molecule has 0 bridgehead atoms. The maximum absolute atomic E-state index is 12.3. The fourth-order valence-electron chi connectivity index (χ4n) is 3.00. The Morgan fingerprint density at radius 2 is 1.75 bits per heavy atom. The average molecular weight is 342 g/mol. The zero-order valence-corrected chi connectivity index (χ0v) is 14.6. The van der Waals surface area contributed by atoms with Crippen LogP contribution in [0.1, 0.15) is 28.8 Å². The number of amides is 1. The third-order valence-corrected chi connectivity index (χ3v) is 5.26. The Morgan fingerprint density at radius 1 is 1.08 bits per heavy atom. The third kappa shape index (κ3) is 3.85. The van der Waals surface area contributed by atoms with Crippen molar-refractivity contribution in [1.82, 2.24) is 5.32 Å². The Morgan fingerprint density at radius 3 is 2.42 bits per heavy atom. The van der Waals surface area contributed by atoms with E-state index >= 15 is 0 Å². The van der Waals surface area contributed by atoms with Crippen LogP contribution < -0.4 is 10.2 Å². The van der Waals surface area contributed by atoms with E-state index in [0.29, 0.717) is 12.1 Å². The van der Waals surface area contributed by atoms with E-state index in [9.17, 15) is 9.00 Å². The van der Waals surface area contributed by atoms with Gasteiger partial charge in [0.25, 0.3) is 5.91 Å². The molecule has 24 heavy (non-hydrogen) atoms. The van der Waals surface area contributed by atoms with Crippen LogP contribution in [0.25, 0.3) is 0 Å². The van der Waals surface area contributed by atoms with Gasteiger partial charge in [-0.15, -0.1) is 0 Å². The van der Waals surface area contributed by atoms with Crippen LogP contribution in [0.4, 0.5) is 5.69 Å². The van der Waals surface area contributed by atoms with Gasteiger partial charge in [-0.2, -0.15) is 0 Å². The Balaban J connectivity index is 1.67. The van der Waals surface area contributed by atoms with Crippen LogP contribution in [0, 0.1) is 0 Å². The molecule has 1 atom stereocenters. The van der Waals surface area contributed by atoms with E-state index in [2.05, 4.69) is 22.3 Å². The molecule has 1 heterocycles. The molecule has 4 nitrogen and oxygen atoms in total. The number of hydrogen-bond acceptors (Lipinski definition) is 3. The zero-order valence-electron chi connectivity index (χ0n) is 13.8. The van der Waals surface area contributed by atoms with Gasteiger partial charge in [-0.05, 0) is 48.7 Å². The quantitative estimate of drug-likeness (QED) is 0.909. The van der Waals surface area contributed by atoms with E-state index in [4.69, 9.17) is 0 Å². The Hall–Kier alpha value is -2.14. The molecule has 1 aliphatic rings. The molecule has 0 aliphatic carbocycles. The highest BCUT2D eigenvalue weighted by atomic mass is 32.2. The molecule has 1 fully saturated rings. The third-order valence-electron chi connectivity index (χ3n) is 4.33. The first kappa shape index (κ1) is 16.7. The van der Waals surface area contributed by atoms with Gasteiger partial charge in [0.15, 0.2) is 0 Å². The Labute approximate surface area is 145 Å². The summed E-state index contributed by atoms with van der Waals surface area (Å²) in [6, 6.07) is 15.2. The monoisotopic (exact) mass is 342 g/mol. The lowest BCUT2D eigenvalue weighted by Gasteiger charge is -2.21. The number of carbonyl (C=O) groups excluding carboxylic acids is 1. The molecular formula is C19H22N2O2S. The van der Waals surface area contributed by atoms with Crippen molar-refractivity contribution in [3.63, 3.8) is 0 Å². The molecule has 1 unspecified atom stereocenters. The number of para-hydroxylation sites is 1. The van der Waals surface area contributed by atoms with Gasteiger partial charge in [-0.25, -0.2) is 0 Å². The standard InChI is InChI=1S/C19H22N2O2S/c1-24(23)17-10-8-15(9-11-17)19(22)20-14-16-6-2-3-7-18(16)21-12-4-5-13-21/h2-3,6-11H,4-5,12-14H2,1H3,(H,20,22). The lowest BCUT2D eigenvalue weighted by atomic mass is 10.1. The summed E-state index contributed by atoms with van der Waals surface area (Å²) < 4.78 is 11.4. The number of nitrogens with zero attached hydrogens (tertiary/aromatic N) is 1. The van der Waals surface area contributed by atoms with Gasteiger partial charge in [0.05, 0.1) is 0 Å². The van der Waals surface area contributed by atoms with Crippen molar-refractivity contribution in [2.24, 2.45) is 0 Å². The molecule has 3 rings (SSSR count). The van der Waals surface area contributed by atoms with E-state index in [1.54, 1.807) is 30.5 Å². The molecule has 1 amide bonds. The molecule has 1 saturated heterocycles. The predicted molar refractivity (Wildman–Crippen MR) is 97.8 cm³/mol. The highest BCUT2D eigenvalue weighted by Crippen LogP contribution is 2.24. The van der Waals surface area contributed by atoms with E-state index in [1.807, 2.05) is 12.1 Å². The van der Waals surface area contributed by atoms with Crippen molar-refractivity contribution in [1.29, 1.82) is 0 Å². The number of benzene rings is 2. The molecule has 0 spiro atoms. The normalized spacial score (nSPS) is 15.3. The lowest BCUT2D eigenvalue weighted by molar-refractivity contribution is 0.0951. The summed E-state index contributed by atoms with van der Waals surface area (Å²) in [5, 5.41) is 2.99. The minimum absolute atomic E-state index is 0.111. The maximum Gasteiger partial charge on any atom is 0.251 e. The first-order chi connectivity index (χ1) is 11.6. The molecule has 126 valence electrons. The molecule has 0 aromatic heterocycles. The van der Waals surface area contributed by atoms with Crippen LogP contribution in [0.3, 0.4) is 0 Å². The summed E-state index contributed by atoms with van der Waals surface area (Å²) in [7, 11) is -1.03. The number of rotatable bonds is 5. The molecule has 0 saturated carbocycles. The van der Waals surface area contributed by atoms with Gasteiger partial charge < -0.3 is 10.2 Å². The van der Waals surface area contributed by atoms with Crippen LogP contribution in [0.2, 0.25) is 0 Å². The van der Waals surface area contributed by atoms with Gasteiger partial charge in [-0.1, -0.05) is 18.2 Å². The van der Waals surface area contributed by atoms with E-state index in [1.165, 1.54) is 18.5 Å². The zero-order chi connectivity index (χ0) is 16.9. The summed E-state index contributed by atoms with van der Waals surface area (Å²) in [5.74, 6) is -0.111. The minimum Gasteiger partial charge on any atom is -0.371 e. The van der Waals surface area contributed by atoms with E-state index in [0.717, 1.165) is 23.5 Å². The molecule has 1 N–H and O–H groups in total. The summed E-state index contributed by atoms with van der Waals surface area (Å²) in [5.41, 5.74) is 2.94. The number of anilines is 1. The van der Waals surface area contributed by atoms with Crippen molar-refractivity contribution in [2.75, 3.05) is 24.2 Å². The minimum atomic E-state index is -1.03. The fourth-order valence-corrected chi connectivity index (χ4v) is 3.52. The highest BCUT2D eigenvalue weighted by Gasteiger charge is 2.15. The SMILES string of the molecule is CS(=O)c1ccc(C(=O)NCc2ccccc2N2CCCC2)cc1. The molecule has 1 aliphatic heterocycles. The largest absolute Gasteiger partial charge is 0.371 e. The highest BCUT2D eigenvalue weighted by molar-refractivity contribution is 7.84. The summed E-state index contributed by atoms with van der Waals surface area (Å²) >= 11 is 0. The fraction of sp³-hybridized carbons (Fsp3) is 0.316. The predicted octanol–water partition coefficient (Wildman–Crippen LogP) is 2.95. The molecule has 0 radical (unpaired) electrons. The van der Waals surface area contributed by atoms with Crippen LogP contribution in [-0.2, 0) is 17.3 Å². The van der Waals surface area contributed by atoms with Crippen LogP contribution in [0.15, 0.2) is 53.4 Å². The van der Waals surface area contributed by atoms with E-state index < -0.39 is 10.8 Å².